The van der Waals surface area contributed by atoms with E-state index in [2.05, 4.69) is 31.8 Å². The molecule has 3 nitrogen and oxygen atoms in total. The Bertz CT molecular complexity index is 833. The van der Waals surface area contributed by atoms with Crippen LogP contribution in [0.4, 0.5) is 0 Å². The van der Waals surface area contributed by atoms with Gasteiger partial charge < -0.3 is 4.74 Å². The molecule has 0 heterocycles. The first-order valence-electron chi connectivity index (χ1n) is 9.81. The number of esters is 1. The van der Waals surface area contributed by atoms with Crippen molar-refractivity contribution in [3.05, 3.63) is 77.4 Å². The third-order valence-corrected chi connectivity index (χ3v) is 6.71. The number of Topliss-reactive ketones (excluding diaryl/α,β-unsaturated/α-hetero) is 1. The van der Waals surface area contributed by atoms with E-state index in [9.17, 15) is 9.59 Å². The van der Waals surface area contributed by atoms with Crippen LogP contribution >= 0.6 is 0 Å². The predicted molar refractivity (Wildman–Crippen MR) is 118 cm³/mol. The Balaban J connectivity index is 2.64. The van der Waals surface area contributed by atoms with E-state index in [0.717, 1.165) is 16.3 Å². The number of hydrogen-bond acceptors (Lipinski definition) is 3. The molecule has 0 aliphatic heterocycles. The van der Waals surface area contributed by atoms with Crippen LogP contribution in [0.3, 0.4) is 0 Å². The van der Waals surface area contributed by atoms with Crippen molar-refractivity contribution in [2.45, 2.75) is 39.9 Å². The molecule has 0 saturated carbocycles. The lowest BCUT2D eigenvalue weighted by Crippen LogP contribution is -2.28. The molecule has 1 atom stereocenters. The largest absolute Gasteiger partial charge is 0.466 e. The minimum absolute atomic E-state index is 0.00183. The van der Waals surface area contributed by atoms with Crippen molar-refractivity contribution >= 4 is 25.0 Å². The zero-order chi connectivity index (χ0) is 20.7. The predicted octanol–water partition coefficient (Wildman–Crippen LogP) is 5.79. The third-order valence-electron chi connectivity index (χ3n) is 4.62. The van der Waals surface area contributed by atoms with E-state index in [4.69, 9.17) is 4.74 Å². The van der Waals surface area contributed by atoms with E-state index < -0.39 is 8.07 Å². The number of allylic oxidation sites excluding steroid dienone is 1. The van der Waals surface area contributed by atoms with Gasteiger partial charge in [-0.2, -0.15) is 0 Å². The Hall–Kier alpha value is -2.46. The number of carbonyl (C=O) groups is 2. The van der Waals surface area contributed by atoms with Crippen LogP contribution in [0, 0.1) is 5.92 Å². The van der Waals surface area contributed by atoms with Crippen LogP contribution < -0.4 is 0 Å². The van der Waals surface area contributed by atoms with Gasteiger partial charge in [0.2, 0.25) is 0 Å². The summed E-state index contributed by atoms with van der Waals surface area (Å²) in [6.07, 6.45) is 0.376. The summed E-state index contributed by atoms with van der Waals surface area (Å²) in [5.41, 5.74) is 2.45. The summed E-state index contributed by atoms with van der Waals surface area (Å²) in [7, 11) is -1.90. The lowest BCUT2D eigenvalue weighted by Gasteiger charge is -2.27. The van der Waals surface area contributed by atoms with E-state index in [1.165, 1.54) is 0 Å². The topological polar surface area (TPSA) is 43.4 Å². The van der Waals surface area contributed by atoms with Gasteiger partial charge in [-0.15, -0.1) is 0 Å². The summed E-state index contributed by atoms with van der Waals surface area (Å²) in [5.74, 6) is -0.639. The molecule has 0 saturated heterocycles. The highest BCUT2D eigenvalue weighted by molar-refractivity contribution is 6.94. The Morgan fingerprint density at radius 1 is 0.893 bits per heavy atom. The summed E-state index contributed by atoms with van der Waals surface area (Å²) >= 11 is 0. The minimum Gasteiger partial charge on any atom is -0.466 e. The van der Waals surface area contributed by atoms with Crippen molar-refractivity contribution in [3.8, 4) is 0 Å². The third kappa shape index (κ3) is 5.52. The number of ether oxygens (including phenoxy) is 1. The van der Waals surface area contributed by atoms with Gasteiger partial charge in [0, 0.05) is 11.1 Å². The fourth-order valence-electron chi connectivity index (χ4n) is 3.41. The molecule has 2 aromatic carbocycles. The van der Waals surface area contributed by atoms with Crippen molar-refractivity contribution in [1.82, 2.24) is 0 Å². The van der Waals surface area contributed by atoms with Gasteiger partial charge >= 0.3 is 5.97 Å². The molecule has 0 aliphatic rings. The molecule has 0 spiro atoms. The van der Waals surface area contributed by atoms with Crippen LogP contribution in [0.2, 0.25) is 19.6 Å². The average molecular weight is 395 g/mol. The molecule has 148 valence electrons. The van der Waals surface area contributed by atoms with Crippen LogP contribution in [-0.2, 0) is 9.53 Å². The first kappa shape index (κ1) is 21.8. The minimum atomic E-state index is -1.90. The SMILES string of the molecule is CCOC(=O)C(C)C/C(C(=O)c1ccccc1)=C(/c1ccccc1)[Si](C)(C)C. The van der Waals surface area contributed by atoms with Crippen molar-refractivity contribution in [3.63, 3.8) is 0 Å². The summed E-state index contributed by atoms with van der Waals surface area (Å²) in [5, 5.41) is 1.11. The fourth-order valence-corrected chi connectivity index (χ4v) is 5.56. The zero-order valence-corrected chi connectivity index (χ0v) is 18.5. The maximum atomic E-state index is 13.5. The van der Waals surface area contributed by atoms with Gasteiger partial charge in [-0.1, -0.05) is 87.2 Å². The van der Waals surface area contributed by atoms with Crippen molar-refractivity contribution in [1.29, 1.82) is 0 Å². The second-order valence-corrected chi connectivity index (χ2v) is 13.0. The molecule has 2 aromatic rings. The van der Waals surface area contributed by atoms with Gasteiger partial charge in [-0.3, -0.25) is 9.59 Å². The van der Waals surface area contributed by atoms with E-state index in [1.807, 2.05) is 55.5 Å². The van der Waals surface area contributed by atoms with Crippen LogP contribution in [0.1, 0.15) is 36.2 Å². The maximum absolute atomic E-state index is 13.5. The molecular weight excluding hydrogens is 364 g/mol. The monoisotopic (exact) mass is 394 g/mol. The first-order chi connectivity index (χ1) is 13.3. The maximum Gasteiger partial charge on any atom is 0.308 e. The van der Waals surface area contributed by atoms with Gasteiger partial charge in [0.1, 0.15) is 0 Å². The number of carbonyl (C=O) groups excluding carboxylic acids is 2. The Labute approximate surface area is 169 Å². The van der Waals surface area contributed by atoms with Crippen LogP contribution in [0.5, 0.6) is 0 Å². The second-order valence-electron chi connectivity index (χ2n) is 8.02. The number of benzene rings is 2. The van der Waals surface area contributed by atoms with Crippen LogP contribution in [0.15, 0.2) is 66.2 Å². The molecule has 0 N–H and O–H groups in total. The summed E-state index contributed by atoms with van der Waals surface area (Å²) < 4.78 is 5.20. The van der Waals surface area contributed by atoms with Gasteiger partial charge in [-0.05, 0) is 24.1 Å². The Kier molecular flexibility index (Phi) is 7.52. The van der Waals surface area contributed by atoms with E-state index >= 15 is 0 Å². The summed E-state index contributed by atoms with van der Waals surface area (Å²) in [4.78, 5) is 25.8. The highest BCUT2D eigenvalue weighted by atomic mass is 28.3. The summed E-state index contributed by atoms with van der Waals surface area (Å²) in [6, 6.07) is 19.4. The molecular formula is C24H30O3Si. The van der Waals surface area contributed by atoms with Crippen LogP contribution in [-0.4, -0.2) is 26.4 Å². The van der Waals surface area contributed by atoms with Gasteiger partial charge in [-0.25, -0.2) is 0 Å². The zero-order valence-electron chi connectivity index (χ0n) is 17.5. The Morgan fingerprint density at radius 2 is 1.39 bits per heavy atom. The molecule has 0 bridgehead atoms. The van der Waals surface area contributed by atoms with Crippen molar-refractivity contribution in [2.24, 2.45) is 5.92 Å². The Morgan fingerprint density at radius 3 is 1.86 bits per heavy atom. The molecule has 0 fully saturated rings. The lowest BCUT2D eigenvalue weighted by molar-refractivity contribution is -0.147. The smallest absolute Gasteiger partial charge is 0.308 e. The molecule has 0 aliphatic carbocycles. The highest BCUT2D eigenvalue weighted by Crippen LogP contribution is 2.34. The molecule has 4 heteroatoms. The van der Waals surface area contributed by atoms with Gasteiger partial charge in [0.15, 0.2) is 5.78 Å². The average Bonchev–Trinajstić information content (AvgIpc) is 2.67. The van der Waals surface area contributed by atoms with Crippen molar-refractivity contribution in [2.75, 3.05) is 6.61 Å². The number of rotatable bonds is 8. The number of hydrogen-bond donors (Lipinski definition) is 0. The normalized spacial score (nSPS) is 13.5. The van der Waals surface area contributed by atoms with Gasteiger partial charge in [0.25, 0.3) is 0 Å². The fraction of sp³-hybridized carbons (Fsp3) is 0.333. The molecule has 0 radical (unpaired) electrons. The molecule has 2 rings (SSSR count). The highest BCUT2D eigenvalue weighted by Gasteiger charge is 2.30. The van der Waals surface area contributed by atoms with Gasteiger partial charge in [0.05, 0.1) is 20.6 Å². The number of ketones is 1. The standard InChI is InChI=1S/C24H30O3Si/c1-6-27-24(26)18(2)17-21(22(25)19-13-9-7-10-14-19)23(28(3,4)5)20-15-11-8-12-16-20/h7-16,18H,6,17H2,1-5H3/b23-21+. The quantitative estimate of drug-likeness (QED) is 0.246. The molecule has 0 amide bonds. The molecule has 0 aromatic heterocycles. The molecule has 1 unspecified atom stereocenters. The van der Waals surface area contributed by atoms with E-state index in [-0.39, 0.29) is 17.7 Å². The van der Waals surface area contributed by atoms with Crippen molar-refractivity contribution < 1.29 is 14.3 Å². The first-order valence-corrected chi connectivity index (χ1v) is 13.3. The molecule has 28 heavy (non-hydrogen) atoms. The van der Waals surface area contributed by atoms with E-state index in [1.54, 1.807) is 6.92 Å². The van der Waals surface area contributed by atoms with Crippen LogP contribution in [0.25, 0.3) is 5.20 Å². The summed E-state index contributed by atoms with van der Waals surface area (Å²) in [6.45, 7) is 10.7. The lowest BCUT2D eigenvalue weighted by atomic mass is 9.92. The van der Waals surface area contributed by atoms with E-state index in [0.29, 0.717) is 18.6 Å². The second kappa shape index (κ2) is 9.65.